The van der Waals surface area contributed by atoms with Crippen LogP contribution in [0.2, 0.25) is 0 Å². The molecular formula is C20H17N3O2. The average Bonchev–Trinajstić information content (AvgIpc) is 3.10. The number of carbonyl (C=O) groups is 2. The Morgan fingerprint density at radius 3 is 2.44 bits per heavy atom. The predicted molar refractivity (Wildman–Crippen MR) is 97.7 cm³/mol. The van der Waals surface area contributed by atoms with Gasteiger partial charge in [0, 0.05) is 29.1 Å². The molecule has 0 fully saturated rings. The highest BCUT2D eigenvalue weighted by Crippen LogP contribution is 2.11. The van der Waals surface area contributed by atoms with Gasteiger partial charge < -0.3 is 5.32 Å². The van der Waals surface area contributed by atoms with Gasteiger partial charge in [-0.15, -0.1) is 0 Å². The van der Waals surface area contributed by atoms with E-state index in [9.17, 15) is 9.59 Å². The Kier molecular flexibility index (Phi) is 4.85. The molecule has 1 amide bonds. The molecule has 5 heteroatoms. The maximum absolute atomic E-state index is 12.0. The normalized spacial score (nSPS) is 10.8. The van der Waals surface area contributed by atoms with Crippen LogP contribution in [0.1, 0.15) is 22.8 Å². The van der Waals surface area contributed by atoms with Gasteiger partial charge >= 0.3 is 0 Å². The first kappa shape index (κ1) is 16.4. The monoisotopic (exact) mass is 331 g/mol. The van der Waals surface area contributed by atoms with Crippen molar-refractivity contribution in [1.82, 2.24) is 9.78 Å². The van der Waals surface area contributed by atoms with Crippen molar-refractivity contribution in [3.63, 3.8) is 0 Å². The number of hydrogen-bond acceptors (Lipinski definition) is 3. The molecule has 0 bridgehead atoms. The number of Topliss-reactive ketones (excluding diaryl/α,β-unsaturated/α-hetero) is 1. The molecule has 0 aliphatic heterocycles. The molecule has 1 heterocycles. The summed E-state index contributed by atoms with van der Waals surface area (Å²) >= 11 is 0. The first-order valence-corrected chi connectivity index (χ1v) is 7.82. The van der Waals surface area contributed by atoms with Crippen molar-refractivity contribution in [1.29, 1.82) is 0 Å². The van der Waals surface area contributed by atoms with E-state index in [1.807, 2.05) is 36.5 Å². The number of para-hydroxylation sites is 1. The molecule has 25 heavy (non-hydrogen) atoms. The average molecular weight is 331 g/mol. The van der Waals surface area contributed by atoms with Gasteiger partial charge in [-0.3, -0.25) is 9.59 Å². The second kappa shape index (κ2) is 7.40. The number of rotatable bonds is 5. The topological polar surface area (TPSA) is 64.0 Å². The van der Waals surface area contributed by atoms with Crippen molar-refractivity contribution >= 4 is 23.5 Å². The van der Waals surface area contributed by atoms with Crippen LogP contribution in [0.5, 0.6) is 0 Å². The van der Waals surface area contributed by atoms with E-state index in [-0.39, 0.29) is 11.7 Å². The van der Waals surface area contributed by atoms with Gasteiger partial charge in [-0.2, -0.15) is 5.10 Å². The van der Waals surface area contributed by atoms with Gasteiger partial charge in [0.25, 0.3) is 0 Å². The highest BCUT2D eigenvalue weighted by molar-refractivity contribution is 6.02. The molecule has 0 aliphatic rings. The summed E-state index contributed by atoms with van der Waals surface area (Å²) in [5.74, 6) is -0.253. The predicted octanol–water partition coefficient (Wildman–Crippen LogP) is 3.73. The highest BCUT2D eigenvalue weighted by Gasteiger charge is 2.02. The maximum Gasteiger partial charge on any atom is 0.248 e. The third kappa shape index (κ3) is 4.29. The zero-order valence-electron chi connectivity index (χ0n) is 13.7. The lowest BCUT2D eigenvalue weighted by Crippen LogP contribution is -2.07. The zero-order valence-corrected chi connectivity index (χ0v) is 13.7. The van der Waals surface area contributed by atoms with Crippen LogP contribution in [0.3, 0.4) is 0 Å². The Bertz CT molecular complexity index is 910. The summed E-state index contributed by atoms with van der Waals surface area (Å²) in [4.78, 5) is 23.2. The van der Waals surface area contributed by atoms with Crippen LogP contribution >= 0.6 is 0 Å². The third-order valence-electron chi connectivity index (χ3n) is 3.61. The second-order valence-corrected chi connectivity index (χ2v) is 5.51. The van der Waals surface area contributed by atoms with Crippen LogP contribution in [0, 0.1) is 0 Å². The van der Waals surface area contributed by atoms with E-state index in [0.29, 0.717) is 11.3 Å². The smallest absolute Gasteiger partial charge is 0.248 e. The van der Waals surface area contributed by atoms with Gasteiger partial charge in [-0.1, -0.05) is 18.2 Å². The van der Waals surface area contributed by atoms with Crippen molar-refractivity contribution in [3.8, 4) is 5.69 Å². The SMILES string of the molecule is CC(=O)c1ccc(NC(=O)/C=C/c2cnn(-c3ccccc3)c2)cc1. The molecule has 0 radical (unpaired) electrons. The van der Waals surface area contributed by atoms with Crippen molar-refractivity contribution in [2.45, 2.75) is 6.92 Å². The highest BCUT2D eigenvalue weighted by atomic mass is 16.1. The number of anilines is 1. The maximum atomic E-state index is 12.0. The molecule has 0 spiro atoms. The molecule has 2 aromatic carbocycles. The van der Waals surface area contributed by atoms with Crippen LogP contribution in [0.4, 0.5) is 5.69 Å². The first-order chi connectivity index (χ1) is 12.1. The van der Waals surface area contributed by atoms with Crippen LogP contribution in [-0.4, -0.2) is 21.5 Å². The number of benzene rings is 2. The lowest BCUT2D eigenvalue weighted by molar-refractivity contribution is -0.111. The van der Waals surface area contributed by atoms with Gasteiger partial charge in [0.1, 0.15) is 0 Å². The van der Waals surface area contributed by atoms with E-state index >= 15 is 0 Å². The van der Waals surface area contributed by atoms with Gasteiger partial charge in [0.05, 0.1) is 11.9 Å². The van der Waals surface area contributed by atoms with Crippen LogP contribution < -0.4 is 5.32 Å². The van der Waals surface area contributed by atoms with Crippen molar-refractivity contribution in [2.75, 3.05) is 5.32 Å². The number of amides is 1. The minimum atomic E-state index is -0.247. The lowest BCUT2D eigenvalue weighted by Gasteiger charge is -2.02. The summed E-state index contributed by atoms with van der Waals surface area (Å²) < 4.78 is 1.75. The molecule has 1 N–H and O–H groups in total. The second-order valence-electron chi connectivity index (χ2n) is 5.51. The van der Waals surface area contributed by atoms with Crippen LogP contribution in [-0.2, 0) is 4.79 Å². The Morgan fingerprint density at radius 1 is 1.04 bits per heavy atom. The Morgan fingerprint density at radius 2 is 1.76 bits per heavy atom. The molecule has 0 atom stereocenters. The lowest BCUT2D eigenvalue weighted by atomic mass is 10.1. The fraction of sp³-hybridized carbons (Fsp3) is 0.0500. The van der Waals surface area contributed by atoms with Crippen molar-refractivity contribution < 1.29 is 9.59 Å². The molecule has 3 rings (SSSR count). The van der Waals surface area contributed by atoms with E-state index < -0.39 is 0 Å². The fourth-order valence-corrected chi connectivity index (χ4v) is 2.29. The molecule has 5 nitrogen and oxygen atoms in total. The third-order valence-corrected chi connectivity index (χ3v) is 3.61. The number of aromatic nitrogens is 2. The number of nitrogens with zero attached hydrogens (tertiary/aromatic N) is 2. The summed E-state index contributed by atoms with van der Waals surface area (Å²) in [6.45, 7) is 1.51. The summed E-state index contributed by atoms with van der Waals surface area (Å²) in [5, 5.41) is 7.03. The molecule has 124 valence electrons. The van der Waals surface area contributed by atoms with Gasteiger partial charge in [0.2, 0.25) is 5.91 Å². The van der Waals surface area contributed by atoms with Crippen LogP contribution in [0.25, 0.3) is 11.8 Å². The van der Waals surface area contributed by atoms with Crippen molar-refractivity contribution in [2.24, 2.45) is 0 Å². The van der Waals surface area contributed by atoms with Crippen molar-refractivity contribution in [3.05, 3.63) is 84.2 Å². The van der Waals surface area contributed by atoms with Gasteiger partial charge in [-0.05, 0) is 49.4 Å². The van der Waals surface area contributed by atoms with Gasteiger partial charge in [-0.25, -0.2) is 4.68 Å². The van der Waals surface area contributed by atoms with Crippen LogP contribution in [0.15, 0.2) is 73.1 Å². The standard InChI is InChI=1S/C20H17N3O2/c1-15(24)17-8-10-18(11-9-17)22-20(25)12-7-16-13-21-23(14-16)19-5-3-2-4-6-19/h2-14H,1H3,(H,22,25)/b12-7+. The molecular weight excluding hydrogens is 314 g/mol. The molecule has 0 aliphatic carbocycles. The van der Waals surface area contributed by atoms with E-state index in [1.165, 1.54) is 13.0 Å². The molecule has 1 aromatic heterocycles. The summed E-state index contributed by atoms with van der Waals surface area (Å²) in [6, 6.07) is 16.5. The molecule has 0 saturated carbocycles. The minimum absolute atomic E-state index is 0.00630. The number of nitrogens with one attached hydrogen (secondary N) is 1. The van der Waals surface area contributed by atoms with E-state index in [2.05, 4.69) is 10.4 Å². The fourth-order valence-electron chi connectivity index (χ4n) is 2.29. The summed E-state index contributed by atoms with van der Waals surface area (Å²) in [7, 11) is 0. The molecule has 3 aromatic rings. The molecule has 0 saturated heterocycles. The number of ketones is 1. The Balaban J connectivity index is 1.63. The first-order valence-electron chi connectivity index (χ1n) is 7.82. The Labute approximate surface area is 145 Å². The Hall–Kier alpha value is -3.47. The number of hydrogen-bond donors (Lipinski definition) is 1. The quantitative estimate of drug-likeness (QED) is 0.572. The number of carbonyl (C=O) groups excluding carboxylic acids is 2. The summed E-state index contributed by atoms with van der Waals surface area (Å²) in [6.07, 6.45) is 6.69. The van der Waals surface area contributed by atoms with E-state index in [1.54, 1.807) is 41.2 Å². The summed E-state index contributed by atoms with van der Waals surface area (Å²) in [5.41, 5.74) is 3.03. The largest absolute Gasteiger partial charge is 0.323 e. The molecule has 0 unspecified atom stereocenters. The van der Waals surface area contributed by atoms with Gasteiger partial charge in [0.15, 0.2) is 5.78 Å². The van der Waals surface area contributed by atoms with E-state index in [4.69, 9.17) is 0 Å². The van der Waals surface area contributed by atoms with E-state index in [0.717, 1.165) is 11.3 Å². The minimum Gasteiger partial charge on any atom is -0.323 e. The zero-order chi connectivity index (χ0) is 17.6.